The highest BCUT2D eigenvalue weighted by molar-refractivity contribution is 7.90. The van der Waals surface area contributed by atoms with Gasteiger partial charge in [-0.25, -0.2) is 8.42 Å². The molecule has 1 amide bonds. The number of sulfone groups is 1. The van der Waals surface area contributed by atoms with E-state index < -0.39 is 27.3 Å². The van der Waals surface area contributed by atoms with Crippen molar-refractivity contribution in [3.63, 3.8) is 0 Å². The fraction of sp³-hybridized carbons (Fsp3) is 0.188. The first-order chi connectivity index (χ1) is 12.2. The van der Waals surface area contributed by atoms with Gasteiger partial charge in [0.05, 0.1) is 28.7 Å². The van der Waals surface area contributed by atoms with Crippen LogP contribution in [0.2, 0.25) is 0 Å². The van der Waals surface area contributed by atoms with Crippen molar-refractivity contribution in [2.75, 3.05) is 25.3 Å². The van der Waals surface area contributed by atoms with Gasteiger partial charge in [0, 0.05) is 12.3 Å². The number of carbonyl (C=O) groups excluding carboxylic acids is 1. The lowest BCUT2D eigenvalue weighted by Crippen LogP contribution is -2.21. The lowest BCUT2D eigenvalue weighted by molar-refractivity contribution is -0.385. The molecule has 0 unspecified atom stereocenters. The zero-order valence-corrected chi connectivity index (χ0v) is 14.8. The van der Waals surface area contributed by atoms with Gasteiger partial charge in [0.2, 0.25) is 0 Å². The van der Waals surface area contributed by atoms with Crippen molar-refractivity contribution in [1.82, 2.24) is 0 Å². The number of methoxy groups -OCH3 is 1. The normalized spacial score (nSPS) is 10.8. The van der Waals surface area contributed by atoms with E-state index in [2.05, 4.69) is 5.32 Å². The second-order valence-corrected chi connectivity index (χ2v) is 7.18. The minimum atomic E-state index is -3.52. The third kappa shape index (κ3) is 4.70. The summed E-state index contributed by atoms with van der Waals surface area (Å²) < 4.78 is 33.8. The molecule has 26 heavy (non-hydrogen) atoms. The van der Waals surface area contributed by atoms with Crippen molar-refractivity contribution in [2.45, 2.75) is 4.90 Å². The van der Waals surface area contributed by atoms with Gasteiger partial charge in [0.25, 0.3) is 11.6 Å². The number of rotatable bonds is 7. The van der Waals surface area contributed by atoms with Crippen LogP contribution in [-0.4, -0.2) is 39.2 Å². The predicted molar refractivity (Wildman–Crippen MR) is 93.3 cm³/mol. The molecule has 2 aromatic carbocycles. The topological polar surface area (TPSA) is 125 Å². The molecule has 1 N–H and O–H groups in total. The third-order valence-electron chi connectivity index (χ3n) is 3.28. The Hall–Kier alpha value is -3.14. The van der Waals surface area contributed by atoms with E-state index >= 15 is 0 Å². The summed E-state index contributed by atoms with van der Waals surface area (Å²) in [6.07, 6.45) is 1.03. The maximum Gasteiger partial charge on any atom is 0.273 e. The highest BCUT2D eigenvalue weighted by Crippen LogP contribution is 2.31. The Balaban J connectivity index is 2.13. The molecular weight excluding hydrogens is 364 g/mol. The number of anilines is 1. The van der Waals surface area contributed by atoms with E-state index in [4.69, 9.17) is 9.47 Å². The van der Waals surface area contributed by atoms with Crippen LogP contribution in [0.4, 0.5) is 11.4 Å². The monoisotopic (exact) mass is 380 g/mol. The quantitative estimate of drug-likeness (QED) is 0.575. The van der Waals surface area contributed by atoms with Gasteiger partial charge in [-0.3, -0.25) is 14.9 Å². The fourth-order valence-electron chi connectivity index (χ4n) is 2.11. The van der Waals surface area contributed by atoms with Crippen LogP contribution >= 0.6 is 0 Å². The third-order valence-corrected chi connectivity index (χ3v) is 4.43. The van der Waals surface area contributed by atoms with E-state index in [0.717, 1.165) is 12.3 Å². The number of para-hydroxylation sites is 1. The highest BCUT2D eigenvalue weighted by atomic mass is 32.2. The number of nitrogens with zero attached hydrogens (tertiary/aromatic N) is 1. The summed E-state index contributed by atoms with van der Waals surface area (Å²) in [7, 11) is -2.16. The largest absolute Gasteiger partial charge is 0.493 e. The van der Waals surface area contributed by atoms with Crippen molar-refractivity contribution < 1.29 is 27.6 Å². The highest BCUT2D eigenvalue weighted by Gasteiger charge is 2.16. The number of nitrogens with one attached hydrogen (secondary N) is 1. The molecule has 0 aromatic heterocycles. The summed E-state index contributed by atoms with van der Waals surface area (Å²) in [6.45, 7) is -0.490. The second-order valence-electron chi connectivity index (χ2n) is 5.20. The number of amides is 1. The van der Waals surface area contributed by atoms with Crippen LogP contribution in [-0.2, 0) is 14.6 Å². The van der Waals surface area contributed by atoms with Crippen LogP contribution in [0, 0.1) is 10.1 Å². The van der Waals surface area contributed by atoms with Gasteiger partial charge < -0.3 is 14.8 Å². The lowest BCUT2D eigenvalue weighted by Gasteiger charge is -2.12. The summed E-state index contributed by atoms with van der Waals surface area (Å²) in [5.74, 6) is -0.386. The number of non-ortho nitro benzene ring substituents is 1. The molecule has 0 aliphatic rings. The molecule has 0 heterocycles. The smallest absolute Gasteiger partial charge is 0.273 e. The zero-order chi connectivity index (χ0) is 19.3. The number of nitro groups is 1. The first kappa shape index (κ1) is 19.2. The average molecular weight is 380 g/mol. The van der Waals surface area contributed by atoms with Crippen molar-refractivity contribution in [3.05, 3.63) is 52.6 Å². The Morgan fingerprint density at radius 3 is 2.50 bits per heavy atom. The molecule has 9 nitrogen and oxygen atoms in total. The van der Waals surface area contributed by atoms with Crippen LogP contribution in [0.5, 0.6) is 11.5 Å². The van der Waals surface area contributed by atoms with Crippen LogP contribution < -0.4 is 14.8 Å². The summed E-state index contributed by atoms with van der Waals surface area (Å²) in [6, 6.07) is 9.66. The minimum Gasteiger partial charge on any atom is -0.493 e. The van der Waals surface area contributed by atoms with Crippen LogP contribution in [0.1, 0.15) is 0 Å². The first-order valence-corrected chi connectivity index (χ1v) is 9.15. The molecule has 0 radical (unpaired) electrons. The van der Waals surface area contributed by atoms with E-state index in [0.29, 0.717) is 0 Å². The molecule has 10 heteroatoms. The van der Waals surface area contributed by atoms with Gasteiger partial charge in [-0.2, -0.15) is 0 Å². The van der Waals surface area contributed by atoms with E-state index in [1.54, 1.807) is 6.07 Å². The van der Waals surface area contributed by atoms with Gasteiger partial charge >= 0.3 is 0 Å². The number of carbonyl (C=O) groups is 1. The second kappa shape index (κ2) is 7.83. The van der Waals surface area contributed by atoms with Crippen molar-refractivity contribution in [1.29, 1.82) is 0 Å². The fourth-order valence-corrected chi connectivity index (χ4v) is 2.96. The number of hydrogen-bond donors (Lipinski definition) is 1. The molecular formula is C16H16N2O7S. The molecule has 0 spiro atoms. The van der Waals surface area contributed by atoms with Crippen LogP contribution in [0.25, 0.3) is 0 Å². The zero-order valence-electron chi connectivity index (χ0n) is 14.0. The Morgan fingerprint density at radius 1 is 1.19 bits per heavy atom. The molecule has 0 aliphatic carbocycles. The number of ether oxygens (including phenoxy) is 2. The maximum atomic E-state index is 12.1. The summed E-state index contributed by atoms with van der Waals surface area (Å²) in [5, 5.41) is 13.3. The number of nitro benzene ring substituents is 1. The predicted octanol–water partition coefficient (Wildman–Crippen LogP) is 2.02. The Bertz CT molecular complexity index is 941. The van der Waals surface area contributed by atoms with Crippen LogP contribution in [0.15, 0.2) is 47.4 Å². The van der Waals surface area contributed by atoms with E-state index in [1.165, 1.54) is 37.4 Å². The summed E-state index contributed by atoms with van der Waals surface area (Å²) in [4.78, 5) is 22.3. The van der Waals surface area contributed by atoms with E-state index in [9.17, 15) is 23.3 Å². The molecule has 0 bridgehead atoms. The van der Waals surface area contributed by atoms with Gasteiger partial charge in [0.15, 0.2) is 27.9 Å². The Kier molecular flexibility index (Phi) is 5.78. The standard InChI is InChI=1S/C16H16N2O7S/c1-24-13-8-7-11(18(20)21)9-14(13)25-10-16(19)17-12-5-3-4-6-15(12)26(2,22)23/h3-9H,10H2,1-2H3,(H,17,19). The summed E-state index contributed by atoms with van der Waals surface area (Å²) in [5.41, 5.74) is -0.0989. The minimum absolute atomic E-state index is 0.0215. The molecule has 2 rings (SSSR count). The first-order valence-electron chi connectivity index (χ1n) is 7.26. The SMILES string of the molecule is COc1ccc([N+](=O)[O-])cc1OCC(=O)Nc1ccccc1S(C)(=O)=O. The Morgan fingerprint density at radius 2 is 1.88 bits per heavy atom. The van der Waals surface area contributed by atoms with E-state index in [-0.39, 0.29) is 27.8 Å². The molecule has 138 valence electrons. The van der Waals surface area contributed by atoms with Gasteiger partial charge in [-0.05, 0) is 18.2 Å². The summed E-state index contributed by atoms with van der Waals surface area (Å²) >= 11 is 0. The van der Waals surface area contributed by atoms with Gasteiger partial charge in [0.1, 0.15) is 0 Å². The Labute approximate surface area is 149 Å². The van der Waals surface area contributed by atoms with Crippen molar-refractivity contribution >= 4 is 27.1 Å². The molecule has 2 aromatic rings. The molecule has 0 aliphatic heterocycles. The average Bonchev–Trinajstić information content (AvgIpc) is 2.59. The number of hydrogen-bond acceptors (Lipinski definition) is 7. The number of benzene rings is 2. The molecule has 0 saturated carbocycles. The van der Waals surface area contributed by atoms with Crippen LogP contribution in [0.3, 0.4) is 0 Å². The van der Waals surface area contributed by atoms with E-state index in [1.807, 2.05) is 0 Å². The lowest BCUT2D eigenvalue weighted by atomic mass is 10.3. The molecule has 0 saturated heterocycles. The molecule has 0 fully saturated rings. The van der Waals surface area contributed by atoms with Gasteiger partial charge in [-0.1, -0.05) is 12.1 Å². The molecule has 0 atom stereocenters. The van der Waals surface area contributed by atoms with Crippen molar-refractivity contribution in [3.8, 4) is 11.5 Å². The van der Waals surface area contributed by atoms with Gasteiger partial charge in [-0.15, -0.1) is 0 Å². The maximum absolute atomic E-state index is 12.1. The van der Waals surface area contributed by atoms with Crippen molar-refractivity contribution in [2.24, 2.45) is 0 Å².